The van der Waals surface area contributed by atoms with Gasteiger partial charge < -0.3 is 20.1 Å². The minimum atomic E-state index is -1.49. The monoisotopic (exact) mass is 653 g/mol. The summed E-state index contributed by atoms with van der Waals surface area (Å²) < 4.78 is 51.0. The van der Waals surface area contributed by atoms with Crippen molar-refractivity contribution in [2.45, 2.75) is 39.7 Å². The highest BCUT2D eigenvalue weighted by atomic mass is 35.5. The molecule has 1 aliphatic rings. The molecule has 1 aromatic heterocycles. The van der Waals surface area contributed by atoms with Crippen molar-refractivity contribution >= 4 is 35.1 Å². The number of carboxylic acid groups (broad SMARTS) is 1. The lowest BCUT2D eigenvalue weighted by atomic mass is 9.88. The second-order valence-electron chi connectivity index (χ2n) is 11.7. The average Bonchev–Trinajstić information content (AvgIpc) is 2.98. The van der Waals surface area contributed by atoms with Crippen molar-refractivity contribution in [1.29, 1.82) is 0 Å². The van der Waals surface area contributed by atoms with Crippen LogP contribution in [0.2, 0.25) is 5.02 Å². The van der Waals surface area contributed by atoms with Crippen molar-refractivity contribution in [3.63, 3.8) is 0 Å². The number of aromatic nitrogens is 2. The van der Waals surface area contributed by atoms with Gasteiger partial charge in [-0.15, -0.1) is 0 Å². The van der Waals surface area contributed by atoms with Gasteiger partial charge in [0.25, 0.3) is 0 Å². The average molecular weight is 654 g/mol. The Hall–Kier alpha value is -4.35. The van der Waals surface area contributed by atoms with Crippen LogP contribution in [0.25, 0.3) is 0 Å². The van der Waals surface area contributed by atoms with E-state index in [1.807, 2.05) is 19.1 Å². The normalized spacial score (nSPS) is 15.8. The van der Waals surface area contributed by atoms with Gasteiger partial charge >= 0.3 is 6.09 Å². The summed E-state index contributed by atoms with van der Waals surface area (Å²) >= 11 is 6.33. The molecule has 5 rings (SSSR count). The second kappa shape index (κ2) is 14.0. The van der Waals surface area contributed by atoms with Crippen LogP contribution < -0.4 is 15.0 Å². The van der Waals surface area contributed by atoms with Crippen LogP contribution in [0, 0.1) is 44.1 Å². The van der Waals surface area contributed by atoms with E-state index in [0.717, 1.165) is 48.5 Å². The Morgan fingerprint density at radius 2 is 1.78 bits per heavy atom. The van der Waals surface area contributed by atoms with Crippen LogP contribution in [0.4, 0.5) is 35.4 Å². The number of ether oxygens (including phenoxy) is 1. The molecule has 2 heterocycles. The molecular weight excluding hydrogens is 619 g/mol. The SMILES string of the molecule is Cc1cc(C)c(C(c2c(F)ccc(F)c2Cl)N(C(=O)O)c2ccnc(Nc3ccc(OCC4CCCN(C)C4)c(F)c3)n2)c(C)c1. The van der Waals surface area contributed by atoms with Crippen molar-refractivity contribution in [3.8, 4) is 5.75 Å². The maximum absolute atomic E-state index is 15.5. The molecule has 8 nitrogen and oxygen atoms in total. The van der Waals surface area contributed by atoms with Gasteiger partial charge in [0.05, 0.1) is 17.7 Å². The zero-order valence-corrected chi connectivity index (χ0v) is 26.7. The van der Waals surface area contributed by atoms with Gasteiger partial charge in [0.1, 0.15) is 17.5 Å². The summed E-state index contributed by atoms with van der Waals surface area (Å²) in [4.78, 5) is 24.6. The van der Waals surface area contributed by atoms with Crippen LogP contribution in [0.1, 0.15) is 46.7 Å². The number of piperidine rings is 1. The number of carbonyl (C=O) groups is 1. The van der Waals surface area contributed by atoms with Crippen LogP contribution in [-0.4, -0.2) is 52.8 Å². The fourth-order valence-corrected chi connectivity index (χ4v) is 6.40. The number of hydrogen-bond acceptors (Lipinski definition) is 6. The Labute approximate surface area is 270 Å². The third kappa shape index (κ3) is 7.21. The van der Waals surface area contributed by atoms with Crippen LogP contribution in [0.15, 0.2) is 54.7 Å². The van der Waals surface area contributed by atoms with Crippen LogP contribution in [-0.2, 0) is 0 Å². The third-order valence-corrected chi connectivity index (χ3v) is 8.49. The Balaban J connectivity index is 1.48. The van der Waals surface area contributed by atoms with E-state index < -0.39 is 34.6 Å². The van der Waals surface area contributed by atoms with Gasteiger partial charge in [-0.1, -0.05) is 29.3 Å². The van der Waals surface area contributed by atoms with Crippen molar-refractivity contribution in [2.24, 2.45) is 5.92 Å². The number of likely N-dealkylation sites (tertiary alicyclic amines) is 1. The minimum absolute atomic E-state index is 0.0519. The summed E-state index contributed by atoms with van der Waals surface area (Å²) in [5.74, 6) is -2.14. The molecule has 0 saturated carbocycles. The first-order chi connectivity index (χ1) is 21.9. The first-order valence-electron chi connectivity index (χ1n) is 14.9. The number of nitrogens with one attached hydrogen (secondary N) is 1. The minimum Gasteiger partial charge on any atom is -0.490 e. The van der Waals surface area contributed by atoms with Crippen LogP contribution in [0.5, 0.6) is 5.75 Å². The van der Waals surface area contributed by atoms with E-state index in [1.54, 1.807) is 19.9 Å². The van der Waals surface area contributed by atoms with E-state index in [2.05, 4.69) is 27.2 Å². The summed E-state index contributed by atoms with van der Waals surface area (Å²) in [7, 11) is 2.06. The molecular formula is C34H35ClF3N5O3. The van der Waals surface area contributed by atoms with Gasteiger partial charge in [-0.3, -0.25) is 0 Å². The molecule has 2 unspecified atom stereocenters. The number of aryl methyl sites for hydroxylation is 3. The first-order valence-corrected chi connectivity index (χ1v) is 15.2. The maximum atomic E-state index is 15.5. The summed E-state index contributed by atoms with van der Waals surface area (Å²) in [5, 5.41) is 12.9. The Kier molecular flexibility index (Phi) is 10.0. The van der Waals surface area contributed by atoms with Gasteiger partial charge in [-0.2, -0.15) is 4.98 Å². The second-order valence-corrected chi connectivity index (χ2v) is 12.1. The van der Waals surface area contributed by atoms with Gasteiger partial charge in [-0.25, -0.2) is 27.8 Å². The summed E-state index contributed by atoms with van der Waals surface area (Å²) in [6, 6.07) is 9.69. The predicted molar refractivity (Wildman–Crippen MR) is 172 cm³/mol. The number of nitrogens with zero attached hydrogens (tertiary/aromatic N) is 4. The smallest absolute Gasteiger partial charge is 0.413 e. The Morgan fingerprint density at radius 1 is 1.07 bits per heavy atom. The quantitative estimate of drug-likeness (QED) is 0.176. The molecule has 2 atom stereocenters. The molecule has 1 saturated heterocycles. The fraction of sp³-hybridized carbons (Fsp3) is 0.324. The number of amides is 1. The van der Waals surface area contributed by atoms with Gasteiger partial charge in [0.15, 0.2) is 11.6 Å². The topological polar surface area (TPSA) is 90.8 Å². The molecule has 1 amide bonds. The fourth-order valence-electron chi connectivity index (χ4n) is 6.14. The highest BCUT2D eigenvalue weighted by molar-refractivity contribution is 6.31. The molecule has 1 aliphatic heterocycles. The van der Waals surface area contributed by atoms with E-state index in [9.17, 15) is 14.3 Å². The van der Waals surface area contributed by atoms with E-state index in [4.69, 9.17) is 16.3 Å². The molecule has 0 radical (unpaired) electrons. The van der Waals surface area contributed by atoms with Crippen molar-refractivity contribution in [1.82, 2.24) is 14.9 Å². The summed E-state index contributed by atoms with van der Waals surface area (Å²) in [6.45, 7) is 7.74. The van der Waals surface area contributed by atoms with Gasteiger partial charge in [0.2, 0.25) is 5.95 Å². The molecule has 0 spiro atoms. The number of hydrogen-bond donors (Lipinski definition) is 2. The molecule has 4 aromatic rings. The predicted octanol–water partition coefficient (Wildman–Crippen LogP) is 8.21. The zero-order valence-electron chi connectivity index (χ0n) is 26.0. The summed E-state index contributed by atoms with van der Waals surface area (Å²) in [5.41, 5.74) is 2.56. The maximum Gasteiger partial charge on any atom is 0.413 e. The van der Waals surface area contributed by atoms with E-state index in [1.165, 1.54) is 24.4 Å². The van der Waals surface area contributed by atoms with E-state index in [0.29, 0.717) is 34.9 Å². The molecule has 0 bridgehead atoms. The van der Waals surface area contributed by atoms with Gasteiger partial charge in [0, 0.05) is 36.0 Å². The molecule has 1 fully saturated rings. The lowest BCUT2D eigenvalue weighted by Gasteiger charge is -2.32. The van der Waals surface area contributed by atoms with Crippen molar-refractivity contribution < 1.29 is 27.8 Å². The molecule has 2 N–H and O–H groups in total. The number of rotatable bonds is 9. The number of anilines is 3. The van der Waals surface area contributed by atoms with E-state index >= 15 is 8.78 Å². The third-order valence-electron chi connectivity index (χ3n) is 8.10. The van der Waals surface area contributed by atoms with Crippen LogP contribution >= 0.6 is 11.6 Å². The largest absolute Gasteiger partial charge is 0.490 e. The lowest BCUT2D eigenvalue weighted by Crippen LogP contribution is -2.37. The molecule has 46 heavy (non-hydrogen) atoms. The van der Waals surface area contributed by atoms with Gasteiger partial charge in [-0.05, 0) is 94.2 Å². The number of benzene rings is 3. The molecule has 12 heteroatoms. The van der Waals surface area contributed by atoms with Crippen molar-refractivity contribution in [3.05, 3.63) is 105 Å². The molecule has 0 aliphatic carbocycles. The summed E-state index contributed by atoms with van der Waals surface area (Å²) in [6.07, 6.45) is 1.91. The van der Waals surface area contributed by atoms with Crippen LogP contribution in [0.3, 0.4) is 0 Å². The van der Waals surface area contributed by atoms with E-state index in [-0.39, 0.29) is 23.1 Å². The Morgan fingerprint density at radius 3 is 2.46 bits per heavy atom. The lowest BCUT2D eigenvalue weighted by molar-refractivity contribution is 0.147. The Bertz CT molecular complexity index is 1730. The standard InChI is InChI=1S/C34H35ClF3N5O3/c1-19-14-20(2)29(21(3)15-19)32(30-24(36)8-9-25(37)31(30)35)43(34(44)45)28-11-12-39-33(41-28)40-23-7-10-27(26(38)16-23)46-18-22-6-5-13-42(4)17-22/h7-12,14-16,22,32H,5-6,13,17-18H2,1-4H3,(H,44,45)(H,39,40,41). The number of halogens is 4. The molecule has 3 aromatic carbocycles. The first kappa shape index (κ1) is 33.0. The zero-order chi connectivity index (χ0) is 33.1. The molecule has 242 valence electrons. The van der Waals surface area contributed by atoms with Crippen molar-refractivity contribution in [2.75, 3.05) is 37.0 Å². The highest BCUT2D eigenvalue weighted by Crippen LogP contribution is 2.41. The highest BCUT2D eigenvalue weighted by Gasteiger charge is 2.36.